The topological polar surface area (TPSA) is 29.5 Å². The maximum Gasteiger partial charge on any atom is 0.255 e. The fourth-order valence-electron chi connectivity index (χ4n) is 1.10. The molecule has 14 heavy (non-hydrogen) atoms. The first-order valence-electron chi connectivity index (χ1n) is 4.77. The summed E-state index contributed by atoms with van der Waals surface area (Å²) in [6, 6.07) is 0. The van der Waals surface area contributed by atoms with Crippen LogP contribution in [-0.2, 0) is 9.53 Å². The van der Waals surface area contributed by atoms with Gasteiger partial charge in [0.25, 0.3) is 5.91 Å². The van der Waals surface area contributed by atoms with E-state index in [0.717, 1.165) is 6.42 Å². The van der Waals surface area contributed by atoms with E-state index in [1.807, 2.05) is 6.92 Å². The number of nitrogens with zero attached hydrogens (tertiary/aromatic N) is 1. The number of carbonyl (C=O) groups excluding carboxylic acids is 1. The standard InChI is InChI=1S/C11H19NO2/c1-6-8-12(9-7-2)10(13)11(3,4)14-5/h1H,7-9H2,2-5H3. The summed E-state index contributed by atoms with van der Waals surface area (Å²) in [6.45, 7) is 6.52. The second kappa shape index (κ2) is 5.66. The molecule has 0 aromatic carbocycles. The summed E-state index contributed by atoms with van der Waals surface area (Å²) in [5.74, 6) is 2.42. The Morgan fingerprint density at radius 1 is 1.57 bits per heavy atom. The van der Waals surface area contributed by atoms with Crippen molar-refractivity contribution in [1.82, 2.24) is 4.90 Å². The van der Waals surface area contributed by atoms with Crippen molar-refractivity contribution < 1.29 is 9.53 Å². The molecule has 0 bridgehead atoms. The Hall–Kier alpha value is -1.01. The van der Waals surface area contributed by atoms with E-state index in [2.05, 4.69) is 5.92 Å². The quantitative estimate of drug-likeness (QED) is 0.621. The lowest BCUT2D eigenvalue weighted by Gasteiger charge is -2.29. The van der Waals surface area contributed by atoms with Crippen LogP contribution in [0.3, 0.4) is 0 Å². The molecule has 0 heterocycles. The third-order valence-corrected chi connectivity index (χ3v) is 2.09. The van der Waals surface area contributed by atoms with Gasteiger partial charge in [-0.15, -0.1) is 6.42 Å². The molecule has 0 rings (SSSR count). The Labute approximate surface area is 86.4 Å². The van der Waals surface area contributed by atoms with Crippen molar-refractivity contribution >= 4 is 5.91 Å². The van der Waals surface area contributed by atoms with Crippen molar-refractivity contribution in [3.05, 3.63) is 0 Å². The van der Waals surface area contributed by atoms with Crippen molar-refractivity contribution in [1.29, 1.82) is 0 Å². The van der Waals surface area contributed by atoms with E-state index in [1.165, 1.54) is 7.11 Å². The summed E-state index contributed by atoms with van der Waals surface area (Å²) >= 11 is 0. The smallest absolute Gasteiger partial charge is 0.255 e. The molecule has 0 unspecified atom stereocenters. The highest BCUT2D eigenvalue weighted by atomic mass is 16.5. The minimum absolute atomic E-state index is 0.0557. The normalized spacial score (nSPS) is 10.8. The number of methoxy groups -OCH3 is 1. The van der Waals surface area contributed by atoms with Gasteiger partial charge in [0.15, 0.2) is 0 Å². The molecule has 0 spiro atoms. The first-order chi connectivity index (χ1) is 6.49. The van der Waals surface area contributed by atoms with Gasteiger partial charge in [-0.1, -0.05) is 12.8 Å². The highest BCUT2D eigenvalue weighted by Crippen LogP contribution is 2.12. The summed E-state index contributed by atoms with van der Waals surface area (Å²) in [5.41, 5.74) is -0.786. The van der Waals surface area contributed by atoms with Crippen LogP contribution in [0.2, 0.25) is 0 Å². The Kier molecular flexibility index (Phi) is 5.26. The van der Waals surface area contributed by atoms with E-state index in [9.17, 15) is 4.79 Å². The Bertz CT molecular complexity index is 228. The van der Waals surface area contributed by atoms with Crippen LogP contribution in [0.1, 0.15) is 27.2 Å². The zero-order valence-corrected chi connectivity index (χ0v) is 9.46. The number of hydrogen-bond donors (Lipinski definition) is 0. The fourth-order valence-corrected chi connectivity index (χ4v) is 1.10. The van der Waals surface area contributed by atoms with E-state index in [4.69, 9.17) is 11.2 Å². The lowest BCUT2D eigenvalue weighted by molar-refractivity contribution is -0.150. The summed E-state index contributed by atoms with van der Waals surface area (Å²) in [6.07, 6.45) is 6.09. The van der Waals surface area contributed by atoms with E-state index in [0.29, 0.717) is 13.1 Å². The molecule has 0 aliphatic carbocycles. The average Bonchev–Trinajstić information content (AvgIpc) is 2.16. The van der Waals surface area contributed by atoms with E-state index in [-0.39, 0.29) is 5.91 Å². The summed E-state index contributed by atoms with van der Waals surface area (Å²) < 4.78 is 5.11. The van der Waals surface area contributed by atoms with E-state index < -0.39 is 5.60 Å². The first-order valence-corrected chi connectivity index (χ1v) is 4.77. The van der Waals surface area contributed by atoms with Crippen molar-refractivity contribution in [3.63, 3.8) is 0 Å². The molecule has 0 saturated carbocycles. The first kappa shape index (κ1) is 13.0. The van der Waals surface area contributed by atoms with Crippen molar-refractivity contribution in [2.45, 2.75) is 32.8 Å². The van der Waals surface area contributed by atoms with Gasteiger partial charge >= 0.3 is 0 Å². The van der Waals surface area contributed by atoms with E-state index >= 15 is 0 Å². The fraction of sp³-hybridized carbons (Fsp3) is 0.727. The Balaban J connectivity index is 4.51. The van der Waals surface area contributed by atoms with Gasteiger partial charge in [-0.25, -0.2) is 0 Å². The molecule has 0 aliphatic heterocycles. The number of rotatable bonds is 5. The Morgan fingerprint density at radius 2 is 2.14 bits per heavy atom. The summed E-state index contributed by atoms with van der Waals surface area (Å²) in [7, 11) is 1.53. The molecule has 3 nitrogen and oxygen atoms in total. The number of amides is 1. The van der Waals surface area contributed by atoms with Crippen LogP contribution in [0.25, 0.3) is 0 Å². The van der Waals surface area contributed by atoms with Crippen LogP contribution in [0.15, 0.2) is 0 Å². The molecule has 0 aromatic rings. The van der Waals surface area contributed by atoms with Gasteiger partial charge in [0.2, 0.25) is 0 Å². The van der Waals surface area contributed by atoms with Gasteiger partial charge in [-0.3, -0.25) is 4.79 Å². The third-order valence-electron chi connectivity index (χ3n) is 2.09. The maximum atomic E-state index is 11.9. The SMILES string of the molecule is C#CCN(CCC)C(=O)C(C)(C)OC. The van der Waals surface area contributed by atoms with Crippen molar-refractivity contribution in [3.8, 4) is 12.3 Å². The second-order valence-electron chi connectivity index (χ2n) is 3.65. The molecule has 0 fully saturated rings. The van der Waals surface area contributed by atoms with Crippen molar-refractivity contribution in [2.75, 3.05) is 20.2 Å². The number of hydrogen-bond acceptors (Lipinski definition) is 2. The van der Waals surface area contributed by atoms with Crippen LogP contribution in [0, 0.1) is 12.3 Å². The second-order valence-corrected chi connectivity index (χ2v) is 3.65. The predicted octanol–water partition coefficient (Wildman–Crippen LogP) is 1.28. The molecule has 0 aliphatic rings. The monoisotopic (exact) mass is 197 g/mol. The van der Waals surface area contributed by atoms with Gasteiger partial charge in [-0.05, 0) is 20.3 Å². The van der Waals surface area contributed by atoms with Crippen molar-refractivity contribution in [2.24, 2.45) is 0 Å². The molecule has 0 atom stereocenters. The molecule has 0 saturated heterocycles. The Morgan fingerprint density at radius 3 is 2.50 bits per heavy atom. The van der Waals surface area contributed by atoms with Gasteiger partial charge in [0, 0.05) is 13.7 Å². The van der Waals surface area contributed by atoms with Gasteiger partial charge < -0.3 is 9.64 Å². The van der Waals surface area contributed by atoms with Crippen LogP contribution < -0.4 is 0 Å². The van der Waals surface area contributed by atoms with Gasteiger partial charge in [-0.2, -0.15) is 0 Å². The molecule has 80 valence electrons. The van der Waals surface area contributed by atoms with Crippen LogP contribution in [-0.4, -0.2) is 36.6 Å². The largest absolute Gasteiger partial charge is 0.369 e. The van der Waals surface area contributed by atoms with Crippen LogP contribution in [0.5, 0.6) is 0 Å². The molecule has 0 aromatic heterocycles. The molecule has 0 radical (unpaired) electrons. The van der Waals surface area contributed by atoms with Crippen LogP contribution >= 0.6 is 0 Å². The number of carbonyl (C=O) groups is 1. The van der Waals surface area contributed by atoms with E-state index in [1.54, 1.807) is 18.7 Å². The molecule has 1 amide bonds. The molecule has 0 N–H and O–H groups in total. The lowest BCUT2D eigenvalue weighted by Crippen LogP contribution is -2.46. The number of terminal acetylenes is 1. The highest BCUT2D eigenvalue weighted by Gasteiger charge is 2.30. The lowest BCUT2D eigenvalue weighted by atomic mass is 10.1. The predicted molar refractivity (Wildman–Crippen MR) is 56.8 cm³/mol. The maximum absolute atomic E-state index is 11.9. The number of ether oxygens (including phenoxy) is 1. The average molecular weight is 197 g/mol. The summed E-state index contributed by atoms with van der Waals surface area (Å²) in [4.78, 5) is 13.5. The molecule has 3 heteroatoms. The minimum atomic E-state index is -0.786. The highest BCUT2D eigenvalue weighted by molar-refractivity contribution is 5.84. The van der Waals surface area contributed by atoms with Crippen LogP contribution in [0.4, 0.5) is 0 Å². The summed E-state index contributed by atoms with van der Waals surface area (Å²) in [5, 5.41) is 0. The van der Waals surface area contributed by atoms with Gasteiger partial charge in [0.1, 0.15) is 5.60 Å². The zero-order chi connectivity index (χ0) is 11.2. The third kappa shape index (κ3) is 3.39. The molecular weight excluding hydrogens is 178 g/mol. The molecular formula is C11H19NO2. The minimum Gasteiger partial charge on any atom is -0.369 e. The zero-order valence-electron chi connectivity index (χ0n) is 9.46. The van der Waals surface area contributed by atoms with Gasteiger partial charge in [0.05, 0.1) is 6.54 Å².